The highest BCUT2D eigenvalue weighted by Gasteiger charge is 2.49. The molecule has 0 radical (unpaired) electrons. The summed E-state index contributed by atoms with van der Waals surface area (Å²) in [6.07, 6.45) is -14.6. The first-order chi connectivity index (χ1) is 59.4. The Morgan fingerprint density at radius 1 is 0.492 bits per heavy atom. The largest absolute Gasteiger partial charge is 1.00 e. The predicted octanol–water partition coefficient (Wildman–Crippen LogP) is -10.4. The second kappa shape index (κ2) is 52.0. The van der Waals surface area contributed by atoms with Crippen molar-refractivity contribution in [2.24, 2.45) is 5.73 Å². The molecule has 7 fully saturated rings. The van der Waals surface area contributed by atoms with E-state index in [1.54, 1.807) is 13.8 Å². The average molecular weight is 2060 g/mol. The van der Waals surface area contributed by atoms with Crippen molar-refractivity contribution >= 4 is 28.5 Å². The number of nitrogens with zero attached hydrogens (tertiary/aromatic N) is 8. The highest BCUT2D eigenvalue weighted by Crippen LogP contribution is 2.33. The molecule has 5 unspecified atom stereocenters. The van der Waals surface area contributed by atoms with Gasteiger partial charge in [0.15, 0.2) is 31.1 Å². The number of aromatic amines is 5. The van der Waals surface area contributed by atoms with Crippen LogP contribution < -0.4 is 91.3 Å². The van der Waals surface area contributed by atoms with Gasteiger partial charge in [-0.05, 0) is 72.4 Å². The van der Waals surface area contributed by atoms with Crippen LogP contribution in [0.15, 0.2) is 120 Å². The number of hydrogen-bond donors (Lipinski definition) is 22. The van der Waals surface area contributed by atoms with Gasteiger partial charge in [0, 0.05) is 93.7 Å². The Labute approximate surface area is 758 Å². The van der Waals surface area contributed by atoms with Gasteiger partial charge in [0.25, 0.3) is 27.8 Å². The third-order valence-corrected chi connectivity index (χ3v) is 20.9. The standard InChI is InChI=1S/C17H22F3N3O7.2C15H23N3O6.C14H21N3O6.C9H12N2O6.C5H11N.CH3I.CH4.HI/c1-8(2)3-4-22(15(28)17(18,19)20)5-9-6-23(16(29)21-13(9)27)14-12(26)11(25)10(7-24)30-14;1-18(4-2-3-5-18)7-9-6-17(15(23)16-13(9)22)14-12(21)11(20)10(8-19)24-14;1-8(2)3-4-16-5-9-6-18(15(23)17-13(9)22)14-12(21)11(20)10(7-19)24-14;18-7-9-10(19)11(20)13(23-9)17-6-8(12(21)15-14(17)22)5-16-3-1-2-4-16;12-3-4-6(14)7(15)8(17-4)11-2-1-5(13)10-9(11)16;1-5(2)3-4-6;1-2;;/h3,6,10-12,14,24-26H,4-5,7H2,1-2H3,(H,21,27,29);6,10-12,14,19-21H,2-5,7-8H2,1H3;3,6,10-12,14,16,19-21H,4-5,7H2,1-2H3,(H,17,22,23);6,9-11,13,18-20H,1-5,7H2,(H,15,21,22);1-2,4,6-8,12,14-15H,3H2,(H,10,13,16);3H,4,6H2,1-2H3;1H3;1H4;1H/t3*10-,11?,12+,14-;9-,10?,11+,13-;4-,6?,7+,8-;;;;/m11111..../s1. The van der Waals surface area contributed by atoms with Gasteiger partial charge in [0.05, 0.1) is 70.8 Å². The molecule has 5 aromatic heterocycles. The number of allylic oxidation sites excluding steroid dienone is 3. The van der Waals surface area contributed by atoms with E-state index in [1.807, 2.05) is 54.7 Å². The Kier molecular flexibility index (Phi) is 45.8. The van der Waals surface area contributed by atoms with Crippen molar-refractivity contribution in [1.29, 1.82) is 0 Å². The van der Waals surface area contributed by atoms with E-state index in [0.29, 0.717) is 52.3 Å². The molecule has 0 spiro atoms. The lowest BCUT2D eigenvalue weighted by atomic mass is 10.1. The topological polar surface area (TPSA) is 686 Å². The van der Waals surface area contributed by atoms with Gasteiger partial charge in [-0.3, -0.25) is 81.4 Å². The zero-order chi connectivity index (χ0) is 94.3. The van der Waals surface area contributed by atoms with Crippen LogP contribution in [-0.2, 0) is 54.7 Å². The first kappa shape index (κ1) is 113. The van der Waals surface area contributed by atoms with Crippen LogP contribution in [0.1, 0.15) is 128 Å². The number of hydrogen-bond acceptors (Lipinski definition) is 34. The fourth-order valence-corrected chi connectivity index (χ4v) is 14.0. The van der Waals surface area contributed by atoms with Crippen LogP contribution in [0.2, 0.25) is 0 Å². The van der Waals surface area contributed by atoms with Crippen LogP contribution in [0.5, 0.6) is 0 Å². The molecule has 5 aromatic rings. The van der Waals surface area contributed by atoms with Gasteiger partial charge < -0.3 is 145 Å². The number of aromatic nitrogens is 10. The number of carbonyl (C=O) groups excluding carboxylic acids is 1. The summed E-state index contributed by atoms with van der Waals surface area (Å²) in [5.74, 6) is -2.18. The lowest BCUT2D eigenvalue weighted by molar-refractivity contribution is -0.911. The van der Waals surface area contributed by atoms with Gasteiger partial charge in [0.1, 0.15) is 98.1 Å². The Bertz CT molecular complexity index is 5090. The number of halogens is 5. The minimum Gasteiger partial charge on any atom is -1.00 e. The molecular formula is C77H120F3I2N15O31. The second-order valence-electron chi connectivity index (χ2n) is 31.3. The molecule has 20 atom stereocenters. The maximum absolute atomic E-state index is 12.9. The van der Waals surface area contributed by atoms with Gasteiger partial charge in [-0.2, -0.15) is 13.2 Å². The highest BCUT2D eigenvalue weighted by atomic mass is 127. The molecule has 0 aromatic carbocycles. The highest BCUT2D eigenvalue weighted by molar-refractivity contribution is 14.1. The molecule has 12 rings (SSSR count). The number of nitrogens with two attached hydrogens (primary N) is 1. The molecule has 7 aliphatic heterocycles. The number of likely N-dealkylation sites (tertiary alicyclic amines) is 2. The van der Waals surface area contributed by atoms with Gasteiger partial charge in [-0.15, -0.1) is 0 Å². The summed E-state index contributed by atoms with van der Waals surface area (Å²) >= 11 is 2.15. The van der Waals surface area contributed by atoms with E-state index in [-0.39, 0.29) is 49.1 Å². The molecular weight excluding hydrogens is 1940 g/mol. The molecule has 1 amide bonds. The number of H-pyrrole nitrogens is 5. The molecule has 12 heterocycles. The number of alkyl halides is 4. The number of quaternary nitrogens is 1. The molecule has 7 aliphatic rings. The summed E-state index contributed by atoms with van der Waals surface area (Å²) in [5, 5.41) is 147. The molecule has 0 saturated carbocycles. The van der Waals surface area contributed by atoms with Crippen LogP contribution in [0.25, 0.3) is 0 Å². The van der Waals surface area contributed by atoms with Crippen LogP contribution in [0, 0.1) is 0 Å². The Balaban J connectivity index is 0.000000329. The molecule has 7 saturated heterocycles. The summed E-state index contributed by atoms with van der Waals surface area (Å²) in [7, 11) is 2.06. The number of carbonyl (C=O) groups is 1. The van der Waals surface area contributed by atoms with Crippen LogP contribution in [0.4, 0.5) is 13.2 Å². The molecule has 46 nitrogen and oxygen atoms in total. The third-order valence-electron chi connectivity index (χ3n) is 20.9. The van der Waals surface area contributed by atoms with Crippen LogP contribution in [-0.4, -0.2) is 333 Å². The molecule has 23 N–H and O–H groups in total. The van der Waals surface area contributed by atoms with Gasteiger partial charge in [-0.25, -0.2) is 24.0 Å². The van der Waals surface area contributed by atoms with Crippen molar-refractivity contribution in [1.82, 2.24) is 62.9 Å². The Hall–Kier alpha value is -7.62. The normalized spacial score (nSPS) is 27.2. The number of rotatable bonds is 23. The quantitative estimate of drug-likeness (QED) is 0.00949. The lowest BCUT2D eigenvalue weighted by Gasteiger charge is -2.29. The van der Waals surface area contributed by atoms with Gasteiger partial charge in [0.2, 0.25) is 0 Å². The Morgan fingerprint density at radius 3 is 1.14 bits per heavy atom. The minimum absolute atomic E-state index is 0. The summed E-state index contributed by atoms with van der Waals surface area (Å²) in [6, 6.07) is 1.09. The fourth-order valence-electron chi connectivity index (χ4n) is 14.0. The SMILES string of the molecule is C.CC(C)=CCN.CC(C)=CCN(Cc1cn([C@@H]2O[C@H](CO)C(O)[C@@H]2O)c(=O)[nH]c1=O)C(=O)C(F)(F)F.CC(C)=CCNCc1cn([C@@H]2O[C@H](CO)C(O)[C@@H]2O)c(=O)[nH]c1=O.CI.C[N+]1(Cc2cn([C@@H]3O[C@H](CO)C(O)[C@@H]3O)c(=O)[nH]c2=O)CCCC1.O=c1[nH]c(=O)n([C@@H]2O[C@H](CO)C(O)[C@@H]2O)cc1CN1CCCC1.O=c1ccn([C@@H]2O[C@H](CO)C(O)[C@@H]2O)c(=O)[nH]1.[I-]. The fraction of sp³-hybridized carbons (Fsp3) is 0.649. The van der Waals surface area contributed by atoms with E-state index in [4.69, 9.17) is 55.0 Å². The van der Waals surface area contributed by atoms with Crippen molar-refractivity contribution in [3.63, 3.8) is 0 Å². The predicted molar refractivity (Wildman–Crippen MR) is 452 cm³/mol. The van der Waals surface area contributed by atoms with E-state index in [1.165, 1.54) is 30.2 Å². The van der Waals surface area contributed by atoms with Crippen molar-refractivity contribution in [2.45, 2.75) is 230 Å². The third kappa shape index (κ3) is 29.9. The zero-order valence-electron chi connectivity index (χ0n) is 70.7. The van der Waals surface area contributed by atoms with Crippen LogP contribution in [0.3, 0.4) is 0 Å². The van der Waals surface area contributed by atoms with E-state index < -0.39 is 237 Å². The average Bonchev–Trinajstić information content (AvgIpc) is 1.56. The van der Waals surface area contributed by atoms with E-state index >= 15 is 0 Å². The summed E-state index contributed by atoms with van der Waals surface area (Å²) in [5.41, 5.74) is 1.86. The molecule has 128 heavy (non-hydrogen) atoms. The monoisotopic (exact) mass is 2060 g/mol. The maximum atomic E-state index is 12.9. The molecule has 0 aliphatic carbocycles. The van der Waals surface area contributed by atoms with Crippen molar-refractivity contribution in [3.8, 4) is 0 Å². The first-order valence-electron chi connectivity index (χ1n) is 39.8. The molecule has 0 bridgehead atoms. The van der Waals surface area contributed by atoms with Crippen LogP contribution >= 0.6 is 22.6 Å². The number of amides is 1. The van der Waals surface area contributed by atoms with Gasteiger partial charge in [-0.1, -0.05) is 65.0 Å². The van der Waals surface area contributed by atoms with Gasteiger partial charge >= 0.3 is 40.5 Å². The lowest BCUT2D eigenvalue weighted by Crippen LogP contribution is -3.00. The summed E-state index contributed by atoms with van der Waals surface area (Å²) in [6.45, 7) is 13.4. The maximum Gasteiger partial charge on any atom is 0.471 e. The summed E-state index contributed by atoms with van der Waals surface area (Å²) in [4.78, 5) is 145. The van der Waals surface area contributed by atoms with Crippen molar-refractivity contribution in [2.75, 3.05) is 90.8 Å². The number of aliphatic hydroxyl groups excluding tert-OH is 15. The molecule has 724 valence electrons. The zero-order valence-corrected chi connectivity index (χ0v) is 75.0. The first-order valence-corrected chi connectivity index (χ1v) is 42.0. The van der Waals surface area contributed by atoms with Crippen molar-refractivity contribution in [3.05, 3.63) is 198 Å². The molecule has 51 heteroatoms. The van der Waals surface area contributed by atoms with E-state index in [9.17, 15) is 117 Å². The van der Waals surface area contributed by atoms with E-state index in [0.717, 1.165) is 98.6 Å². The smallest absolute Gasteiger partial charge is 0.471 e. The Morgan fingerprint density at radius 2 is 0.812 bits per heavy atom. The number of aliphatic hydroxyl groups is 15. The van der Waals surface area contributed by atoms with E-state index in [2.05, 4.69) is 54.8 Å². The van der Waals surface area contributed by atoms with Crippen molar-refractivity contribution < 1.29 is 147 Å². The number of nitrogens with one attached hydrogen (secondary N) is 6. The summed E-state index contributed by atoms with van der Waals surface area (Å²) < 4.78 is 70.7. The minimum atomic E-state index is -5.18. The number of ether oxygens (including phenoxy) is 5. The second-order valence-corrected chi connectivity index (χ2v) is 31.3.